The third-order valence-corrected chi connectivity index (χ3v) is 4.81. The summed E-state index contributed by atoms with van der Waals surface area (Å²) in [5, 5.41) is 10.3. The molecule has 1 aromatic carbocycles. The molecule has 2 rings (SSSR count). The van der Waals surface area contributed by atoms with Gasteiger partial charge in [0, 0.05) is 26.7 Å². The van der Waals surface area contributed by atoms with Gasteiger partial charge in [-0.15, -0.1) is 0 Å². The molecule has 1 aliphatic heterocycles. The second kappa shape index (κ2) is 8.32. The first-order valence-corrected chi connectivity index (χ1v) is 8.96. The van der Waals surface area contributed by atoms with E-state index in [1.54, 1.807) is 7.11 Å². The average molecular weight is 335 g/mol. The number of hydrogen-bond donors (Lipinski definition) is 1. The van der Waals surface area contributed by atoms with E-state index in [0.717, 1.165) is 37.2 Å². The van der Waals surface area contributed by atoms with Gasteiger partial charge in [-0.05, 0) is 42.4 Å². The van der Waals surface area contributed by atoms with E-state index in [1.807, 2.05) is 6.07 Å². The summed E-state index contributed by atoms with van der Waals surface area (Å²) in [6, 6.07) is 6.31. The van der Waals surface area contributed by atoms with Crippen molar-refractivity contribution in [3.63, 3.8) is 0 Å². The molecule has 4 heteroatoms. The van der Waals surface area contributed by atoms with Crippen LogP contribution < -0.4 is 4.74 Å². The Labute approximate surface area is 146 Å². The van der Waals surface area contributed by atoms with E-state index in [1.165, 1.54) is 5.56 Å². The predicted molar refractivity (Wildman–Crippen MR) is 97.9 cm³/mol. The fourth-order valence-corrected chi connectivity index (χ4v) is 3.14. The number of benzene rings is 1. The molecule has 1 aromatic rings. The Kier molecular flexibility index (Phi) is 6.67. The first-order chi connectivity index (χ1) is 11.3. The van der Waals surface area contributed by atoms with E-state index in [0.29, 0.717) is 19.3 Å². The number of piperidine rings is 1. The van der Waals surface area contributed by atoms with Gasteiger partial charge in [-0.1, -0.05) is 32.9 Å². The number of β-amino-alcohol motifs (C(OH)–C–C–N with tert-alkyl or cyclic N) is 1. The minimum atomic E-state index is -0.467. The van der Waals surface area contributed by atoms with Crippen LogP contribution in [0.15, 0.2) is 18.2 Å². The molecule has 1 fully saturated rings. The summed E-state index contributed by atoms with van der Waals surface area (Å²) >= 11 is 0. The lowest BCUT2D eigenvalue weighted by atomic mass is 9.86. The Morgan fingerprint density at radius 2 is 1.92 bits per heavy atom. The molecule has 0 aliphatic carbocycles. The third kappa shape index (κ3) is 5.47. The molecule has 1 aliphatic rings. The normalized spacial score (nSPS) is 18.6. The Morgan fingerprint density at radius 1 is 1.25 bits per heavy atom. The maximum atomic E-state index is 10.3. The summed E-state index contributed by atoms with van der Waals surface area (Å²) in [4.78, 5) is 2.29. The van der Waals surface area contributed by atoms with Gasteiger partial charge in [0.15, 0.2) is 0 Å². The molecule has 136 valence electrons. The smallest absolute Gasteiger partial charge is 0.122 e. The van der Waals surface area contributed by atoms with Gasteiger partial charge < -0.3 is 19.5 Å². The highest BCUT2D eigenvalue weighted by atomic mass is 16.5. The first-order valence-electron chi connectivity index (χ1n) is 8.96. The van der Waals surface area contributed by atoms with E-state index in [-0.39, 0.29) is 5.41 Å². The van der Waals surface area contributed by atoms with E-state index in [9.17, 15) is 5.11 Å². The summed E-state index contributed by atoms with van der Waals surface area (Å²) in [5.41, 5.74) is 2.56. The Bertz CT molecular complexity index is 516. The second-order valence-electron chi connectivity index (χ2n) is 7.93. The van der Waals surface area contributed by atoms with Gasteiger partial charge >= 0.3 is 0 Å². The highest BCUT2D eigenvalue weighted by Crippen LogP contribution is 2.27. The minimum absolute atomic E-state index is 0.136. The summed E-state index contributed by atoms with van der Waals surface area (Å²) < 4.78 is 11.2. The highest BCUT2D eigenvalue weighted by molar-refractivity contribution is 5.38. The van der Waals surface area contributed by atoms with Crippen molar-refractivity contribution >= 4 is 0 Å². The lowest BCUT2D eigenvalue weighted by molar-refractivity contribution is 0.0152. The van der Waals surface area contributed by atoms with Crippen molar-refractivity contribution in [2.45, 2.75) is 58.2 Å². The number of aliphatic hydroxyl groups excluding tert-OH is 1. The van der Waals surface area contributed by atoms with Crippen LogP contribution in [-0.2, 0) is 10.2 Å². The van der Waals surface area contributed by atoms with E-state index < -0.39 is 6.10 Å². The van der Waals surface area contributed by atoms with Crippen LogP contribution >= 0.6 is 0 Å². The van der Waals surface area contributed by atoms with Crippen LogP contribution in [0.3, 0.4) is 0 Å². The number of aliphatic hydroxyl groups is 1. The van der Waals surface area contributed by atoms with Crippen LogP contribution in [-0.4, -0.2) is 55.6 Å². The van der Waals surface area contributed by atoms with Gasteiger partial charge in [-0.3, -0.25) is 0 Å². The second-order valence-corrected chi connectivity index (χ2v) is 7.93. The zero-order chi connectivity index (χ0) is 17.7. The van der Waals surface area contributed by atoms with E-state index in [4.69, 9.17) is 9.47 Å². The molecule has 1 saturated heterocycles. The van der Waals surface area contributed by atoms with Crippen LogP contribution in [0.25, 0.3) is 0 Å². The monoisotopic (exact) mass is 335 g/mol. The quantitative estimate of drug-likeness (QED) is 0.867. The van der Waals surface area contributed by atoms with Gasteiger partial charge in [0.1, 0.15) is 18.5 Å². The molecule has 24 heavy (non-hydrogen) atoms. The molecule has 1 unspecified atom stereocenters. The zero-order valence-electron chi connectivity index (χ0n) is 15.8. The molecule has 0 bridgehead atoms. The average Bonchev–Trinajstić information content (AvgIpc) is 2.53. The van der Waals surface area contributed by atoms with Gasteiger partial charge in [0.05, 0.1) is 6.10 Å². The number of likely N-dealkylation sites (tertiary alicyclic amines) is 1. The van der Waals surface area contributed by atoms with Gasteiger partial charge in [0.2, 0.25) is 0 Å². The maximum absolute atomic E-state index is 10.3. The van der Waals surface area contributed by atoms with Crippen molar-refractivity contribution in [1.82, 2.24) is 4.90 Å². The number of ether oxygens (including phenoxy) is 2. The molecular weight excluding hydrogens is 302 g/mol. The highest BCUT2D eigenvalue weighted by Gasteiger charge is 2.21. The molecule has 1 heterocycles. The predicted octanol–water partition coefficient (Wildman–Crippen LogP) is 3.14. The Hall–Kier alpha value is -1.10. The molecule has 0 aromatic heterocycles. The van der Waals surface area contributed by atoms with Gasteiger partial charge in [-0.2, -0.15) is 0 Å². The first kappa shape index (κ1) is 19.2. The lowest BCUT2D eigenvalue weighted by Gasteiger charge is -2.32. The van der Waals surface area contributed by atoms with Crippen molar-refractivity contribution < 1.29 is 14.6 Å². The Morgan fingerprint density at radius 3 is 2.46 bits per heavy atom. The molecule has 1 N–H and O–H groups in total. The number of rotatable bonds is 6. The van der Waals surface area contributed by atoms with Crippen molar-refractivity contribution in [3.05, 3.63) is 29.3 Å². The van der Waals surface area contributed by atoms with E-state index >= 15 is 0 Å². The van der Waals surface area contributed by atoms with Crippen molar-refractivity contribution in [2.24, 2.45) is 0 Å². The number of hydrogen-bond acceptors (Lipinski definition) is 4. The summed E-state index contributed by atoms with van der Waals surface area (Å²) in [7, 11) is 1.77. The topological polar surface area (TPSA) is 41.9 Å². The number of methoxy groups -OCH3 is 1. The molecule has 0 amide bonds. The van der Waals surface area contributed by atoms with Crippen LogP contribution in [0.5, 0.6) is 5.75 Å². The molecule has 1 atom stereocenters. The third-order valence-electron chi connectivity index (χ3n) is 4.81. The van der Waals surface area contributed by atoms with Crippen molar-refractivity contribution in [1.29, 1.82) is 0 Å². The lowest BCUT2D eigenvalue weighted by Crippen LogP contribution is -2.42. The van der Waals surface area contributed by atoms with Crippen LogP contribution in [0, 0.1) is 6.92 Å². The van der Waals surface area contributed by atoms with Crippen LogP contribution in [0.2, 0.25) is 0 Å². The summed E-state index contributed by atoms with van der Waals surface area (Å²) in [6.07, 6.45) is 1.99. The van der Waals surface area contributed by atoms with Crippen molar-refractivity contribution in [2.75, 3.05) is 33.4 Å². The number of aryl methyl sites for hydroxylation is 1. The molecule has 4 nitrogen and oxygen atoms in total. The zero-order valence-corrected chi connectivity index (χ0v) is 15.8. The van der Waals surface area contributed by atoms with Gasteiger partial charge in [0.25, 0.3) is 0 Å². The molecule has 0 saturated carbocycles. The Balaban J connectivity index is 1.80. The minimum Gasteiger partial charge on any atom is -0.491 e. The summed E-state index contributed by atoms with van der Waals surface area (Å²) in [6.45, 7) is 11.6. The van der Waals surface area contributed by atoms with Gasteiger partial charge in [-0.25, -0.2) is 0 Å². The largest absolute Gasteiger partial charge is 0.491 e. The SMILES string of the molecule is COC1CCN(CC(O)COc2ccc(C(C)(C)C)cc2C)CC1. The maximum Gasteiger partial charge on any atom is 0.122 e. The van der Waals surface area contributed by atoms with Crippen LogP contribution in [0.1, 0.15) is 44.7 Å². The molecular formula is C20H33NO3. The standard InChI is InChI=1S/C20H33NO3/c1-15-12-16(20(2,3)4)6-7-19(15)24-14-17(22)13-21-10-8-18(23-5)9-11-21/h6-7,12,17-18,22H,8-11,13-14H2,1-5H3. The van der Waals surface area contributed by atoms with E-state index in [2.05, 4.69) is 44.7 Å². The van der Waals surface area contributed by atoms with Crippen LogP contribution in [0.4, 0.5) is 0 Å². The fourth-order valence-electron chi connectivity index (χ4n) is 3.14. The summed E-state index contributed by atoms with van der Waals surface area (Å²) in [5.74, 6) is 0.861. The molecule has 0 spiro atoms. The molecule has 0 radical (unpaired) electrons. The van der Waals surface area contributed by atoms with Crippen molar-refractivity contribution in [3.8, 4) is 5.75 Å². The number of nitrogens with zero attached hydrogens (tertiary/aromatic N) is 1. The fraction of sp³-hybridized carbons (Fsp3) is 0.700.